The Hall–Kier alpha value is -1.59. The van der Waals surface area contributed by atoms with Gasteiger partial charge in [-0.15, -0.1) is 34.2 Å². The molecule has 0 aliphatic rings. The number of aromatic nitrogens is 3. The Kier molecular flexibility index (Phi) is 11.2. The van der Waals surface area contributed by atoms with Gasteiger partial charge in [-0.3, -0.25) is 0 Å². The zero-order valence-corrected chi connectivity index (χ0v) is 19.8. The van der Waals surface area contributed by atoms with Gasteiger partial charge in [0.1, 0.15) is 24.7 Å². The van der Waals surface area contributed by atoms with Crippen LogP contribution in [0.5, 0.6) is 5.75 Å². The van der Waals surface area contributed by atoms with E-state index in [0.717, 1.165) is 23.4 Å². The smallest absolute Gasteiger partial charge is 0.194 e. The van der Waals surface area contributed by atoms with Crippen molar-refractivity contribution in [2.75, 3.05) is 40.5 Å². The van der Waals surface area contributed by atoms with Crippen molar-refractivity contribution in [2.24, 2.45) is 12.0 Å². The van der Waals surface area contributed by atoms with Crippen LogP contribution in [0.2, 0.25) is 5.02 Å². The molecule has 0 spiro atoms. The molecule has 0 aliphatic carbocycles. The van der Waals surface area contributed by atoms with E-state index < -0.39 is 0 Å². The van der Waals surface area contributed by atoms with Gasteiger partial charge in [0.25, 0.3) is 0 Å². The number of benzene rings is 1. The van der Waals surface area contributed by atoms with E-state index in [1.807, 2.05) is 54.8 Å². The van der Waals surface area contributed by atoms with Gasteiger partial charge < -0.3 is 24.3 Å². The van der Waals surface area contributed by atoms with Crippen LogP contribution in [0, 0.1) is 6.92 Å². The summed E-state index contributed by atoms with van der Waals surface area (Å²) in [5.74, 6) is 3.21. The van der Waals surface area contributed by atoms with Crippen LogP contribution in [0.25, 0.3) is 0 Å². The van der Waals surface area contributed by atoms with Gasteiger partial charge in [0.15, 0.2) is 11.8 Å². The number of halogens is 2. The Bertz CT molecular complexity index is 738. The summed E-state index contributed by atoms with van der Waals surface area (Å²) in [4.78, 5) is 6.67. The third kappa shape index (κ3) is 7.80. The number of hydrogen-bond acceptors (Lipinski definition) is 5. The minimum Gasteiger partial charge on any atom is -0.492 e. The molecule has 0 saturated carbocycles. The van der Waals surface area contributed by atoms with E-state index in [2.05, 4.69) is 20.5 Å². The molecule has 2 rings (SSSR count). The van der Waals surface area contributed by atoms with Gasteiger partial charge in [0.2, 0.25) is 0 Å². The van der Waals surface area contributed by atoms with Crippen molar-refractivity contribution in [1.82, 2.24) is 25.0 Å². The monoisotopic (exact) mass is 522 g/mol. The molecule has 1 N–H and O–H groups in total. The minimum absolute atomic E-state index is 0. The van der Waals surface area contributed by atoms with E-state index in [0.29, 0.717) is 37.9 Å². The van der Waals surface area contributed by atoms with Crippen molar-refractivity contribution in [1.29, 1.82) is 0 Å². The molecule has 0 radical (unpaired) electrons. The summed E-state index contributed by atoms with van der Waals surface area (Å²) in [5, 5.41) is 12.2. The maximum atomic E-state index is 5.89. The lowest BCUT2D eigenvalue weighted by Gasteiger charge is -2.22. The van der Waals surface area contributed by atoms with Crippen LogP contribution in [-0.4, -0.2) is 66.1 Å². The van der Waals surface area contributed by atoms with E-state index >= 15 is 0 Å². The SMILES string of the molecule is COCCNC(=NCc1nnc(C)n1C)N(C)CCOc1ccc(Cl)cc1.I. The lowest BCUT2D eigenvalue weighted by molar-refractivity contribution is 0.202. The number of methoxy groups -OCH3 is 1. The summed E-state index contributed by atoms with van der Waals surface area (Å²) in [6.07, 6.45) is 0. The fourth-order valence-electron chi connectivity index (χ4n) is 2.25. The number of hydrogen-bond donors (Lipinski definition) is 1. The average molecular weight is 523 g/mol. The summed E-state index contributed by atoms with van der Waals surface area (Å²) in [6.45, 7) is 4.80. The maximum absolute atomic E-state index is 5.89. The topological polar surface area (TPSA) is 76.8 Å². The first-order valence-electron chi connectivity index (χ1n) is 8.73. The maximum Gasteiger partial charge on any atom is 0.194 e. The first-order chi connectivity index (χ1) is 13.0. The number of aryl methyl sites for hydroxylation is 1. The predicted octanol–water partition coefficient (Wildman–Crippen LogP) is 2.50. The standard InChI is InChI=1S/C18H27ClN6O2.HI/c1-14-22-23-17(25(14)3)13-21-18(20-9-11-26-4)24(2)10-12-27-16-7-5-15(19)6-8-16;/h5-8H,9-13H2,1-4H3,(H,20,21);1H. The Morgan fingerprint density at radius 2 is 1.96 bits per heavy atom. The van der Waals surface area contributed by atoms with Crippen LogP contribution in [0.4, 0.5) is 0 Å². The molecule has 1 heterocycles. The molecule has 0 aliphatic heterocycles. The number of guanidine groups is 1. The van der Waals surface area contributed by atoms with Crippen molar-refractivity contribution in [2.45, 2.75) is 13.5 Å². The number of nitrogens with one attached hydrogen (secondary N) is 1. The normalized spacial score (nSPS) is 11.1. The summed E-state index contributed by atoms with van der Waals surface area (Å²) in [6, 6.07) is 7.32. The first kappa shape index (κ1) is 24.4. The molecule has 0 fully saturated rings. The fourth-order valence-corrected chi connectivity index (χ4v) is 2.37. The van der Waals surface area contributed by atoms with E-state index in [-0.39, 0.29) is 24.0 Å². The van der Waals surface area contributed by atoms with Crippen LogP contribution in [-0.2, 0) is 18.3 Å². The van der Waals surface area contributed by atoms with Crippen molar-refractivity contribution < 1.29 is 9.47 Å². The lowest BCUT2D eigenvalue weighted by atomic mass is 10.3. The van der Waals surface area contributed by atoms with Gasteiger partial charge in [-0.1, -0.05) is 11.6 Å². The highest BCUT2D eigenvalue weighted by molar-refractivity contribution is 14.0. The summed E-state index contributed by atoms with van der Waals surface area (Å²) >= 11 is 5.89. The Morgan fingerprint density at radius 1 is 1.25 bits per heavy atom. The molecule has 28 heavy (non-hydrogen) atoms. The molecule has 156 valence electrons. The van der Waals surface area contributed by atoms with Gasteiger partial charge in [0, 0.05) is 32.8 Å². The second-order valence-corrected chi connectivity index (χ2v) is 6.44. The molecule has 0 amide bonds. The van der Waals surface area contributed by atoms with Gasteiger partial charge in [-0.05, 0) is 31.2 Å². The quantitative estimate of drug-likeness (QED) is 0.236. The van der Waals surface area contributed by atoms with Crippen LogP contribution in [0.3, 0.4) is 0 Å². The highest BCUT2D eigenvalue weighted by Gasteiger charge is 2.09. The first-order valence-corrected chi connectivity index (χ1v) is 9.10. The van der Waals surface area contributed by atoms with E-state index in [1.54, 1.807) is 7.11 Å². The zero-order chi connectivity index (χ0) is 19.6. The number of aliphatic imine (C=N–C) groups is 1. The van der Waals surface area contributed by atoms with Crippen LogP contribution in [0.1, 0.15) is 11.6 Å². The van der Waals surface area contributed by atoms with E-state index in [9.17, 15) is 0 Å². The highest BCUT2D eigenvalue weighted by atomic mass is 127. The third-order valence-corrected chi connectivity index (χ3v) is 4.26. The van der Waals surface area contributed by atoms with Crippen molar-refractivity contribution in [3.05, 3.63) is 40.9 Å². The van der Waals surface area contributed by atoms with Crippen LogP contribution in [0.15, 0.2) is 29.3 Å². The van der Waals surface area contributed by atoms with Crippen LogP contribution < -0.4 is 10.1 Å². The second-order valence-electron chi connectivity index (χ2n) is 6.01. The fraction of sp³-hybridized carbons (Fsp3) is 0.500. The predicted molar refractivity (Wildman–Crippen MR) is 122 cm³/mol. The van der Waals surface area contributed by atoms with Gasteiger partial charge >= 0.3 is 0 Å². The van der Waals surface area contributed by atoms with Crippen molar-refractivity contribution in [3.8, 4) is 5.75 Å². The van der Waals surface area contributed by atoms with Gasteiger partial charge in [0.05, 0.1) is 13.2 Å². The lowest BCUT2D eigenvalue weighted by Crippen LogP contribution is -2.42. The molecule has 10 heteroatoms. The zero-order valence-electron chi connectivity index (χ0n) is 16.7. The molecule has 0 atom stereocenters. The van der Waals surface area contributed by atoms with Crippen molar-refractivity contribution >= 4 is 41.5 Å². The van der Waals surface area contributed by atoms with E-state index in [4.69, 9.17) is 21.1 Å². The Labute approximate surface area is 188 Å². The van der Waals surface area contributed by atoms with Gasteiger partial charge in [-0.25, -0.2) is 4.99 Å². The molecule has 1 aromatic heterocycles. The van der Waals surface area contributed by atoms with Crippen molar-refractivity contribution in [3.63, 3.8) is 0 Å². The largest absolute Gasteiger partial charge is 0.492 e. The third-order valence-electron chi connectivity index (χ3n) is 4.01. The second kappa shape index (κ2) is 12.8. The summed E-state index contributed by atoms with van der Waals surface area (Å²) in [7, 11) is 5.57. The van der Waals surface area contributed by atoms with Gasteiger partial charge in [-0.2, -0.15) is 0 Å². The highest BCUT2D eigenvalue weighted by Crippen LogP contribution is 2.15. The molecular formula is C18H28ClIN6O2. The molecular weight excluding hydrogens is 495 g/mol. The summed E-state index contributed by atoms with van der Waals surface area (Å²) < 4.78 is 12.8. The number of rotatable bonds is 9. The molecule has 2 aromatic rings. The molecule has 0 bridgehead atoms. The summed E-state index contributed by atoms with van der Waals surface area (Å²) in [5.41, 5.74) is 0. The molecule has 0 unspecified atom stereocenters. The van der Waals surface area contributed by atoms with Crippen LogP contribution >= 0.6 is 35.6 Å². The Balaban J connectivity index is 0.00000392. The number of ether oxygens (including phenoxy) is 2. The molecule has 1 aromatic carbocycles. The molecule has 8 nitrogen and oxygen atoms in total. The molecule has 0 saturated heterocycles. The minimum atomic E-state index is 0. The number of nitrogens with zero attached hydrogens (tertiary/aromatic N) is 5. The number of likely N-dealkylation sites (N-methyl/N-ethyl adjacent to an activating group) is 1. The Morgan fingerprint density at radius 3 is 2.57 bits per heavy atom. The van der Waals surface area contributed by atoms with E-state index in [1.165, 1.54) is 0 Å². The average Bonchev–Trinajstić information content (AvgIpc) is 2.98.